The molecule has 1 saturated carbocycles. The number of benzene rings is 1. The molecule has 2 N–H and O–H groups in total. The Kier molecular flexibility index (Phi) is 3.92. The van der Waals surface area contributed by atoms with Crippen molar-refractivity contribution in [2.75, 3.05) is 11.9 Å². The van der Waals surface area contributed by atoms with Crippen LogP contribution in [0, 0.1) is 0 Å². The van der Waals surface area contributed by atoms with E-state index < -0.39 is 0 Å². The Morgan fingerprint density at radius 2 is 2.10 bits per heavy atom. The lowest BCUT2D eigenvalue weighted by molar-refractivity contribution is -0.115. The van der Waals surface area contributed by atoms with E-state index in [4.69, 9.17) is 0 Å². The van der Waals surface area contributed by atoms with Crippen molar-refractivity contribution in [3.63, 3.8) is 0 Å². The minimum Gasteiger partial charge on any atom is -0.325 e. The molecular weight excluding hydrogens is 250 g/mol. The SMILES string of the molecule is O=C(CNC1CCCC1)Nc1ccc2ncccc2c1. The Morgan fingerprint density at radius 3 is 2.95 bits per heavy atom. The van der Waals surface area contributed by atoms with Gasteiger partial charge in [-0.2, -0.15) is 0 Å². The maximum absolute atomic E-state index is 11.9. The molecule has 20 heavy (non-hydrogen) atoms. The lowest BCUT2D eigenvalue weighted by atomic mass is 10.2. The van der Waals surface area contributed by atoms with Gasteiger partial charge in [0.05, 0.1) is 12.1 Å². The zero-order chi connectivity index (χ0) is 13.8. The lowest BCUT2D eigenvalue weighted by Crippen LogP contribution is -2.34. The number of aromatic nitrogens is 1. The van der Waals surface area contributed by atoms with Crippen molar-refractivity contribution in [2.24, 2.45) is 0 Å². The van der Waals surface area contributed by atoms with Gasteiger partial charge < -0.3 is 10.6 Å². The van der Waals surface area contributed by atoms with Crippen molar-refractivity contribution in [1.82, 2.24) is 10.3 Å². The Hall–Kier alpha value is -1.94. The monoisotopic (exact) mass is 269 g/mol. The Labute approximate surface area is 118 Å². The molecule has 1 heterocycles. The standard InChI is InChI=1S/C16H19N3O/c20-16(11-18-13-5-1-2-6-13)19-14-7-8-15-12(10-14)4-3-9-17-15/h3-4,7-10,13,18H,1-2,5-6,11H2,(H,19,20). The van der Waals surface area contributed by atoms with Crippen LogP contribution in [0.5, 0.6) is 0 Å². The first-order chi connectivity index (χ1) is 9.81. The molecule has 0 bridgehead atoms. The van der Waals surface area contributed by atoms with Gasteiger partial charge >= 0.3 is 0 Å². The van der Waals surface area contributed by atoms with Gasteiger partial charge in [-0.05, 0) is 37.1 Å². The van der Waals surface area contributed by atoms with Crippen LogP contribution in [0.15, 0.2) is 36.5 Å². The number of carbonyl (C=O) groups is 1. The highest BCUT2D eigenvalue weighted by Crippen LogP contribution is 2.18. The molecule has 1 aromatic carbocycles. The van der Waals surface area contributed by atoms with Crippen LogP contribution in [0.25, 0.3) is 10.9 Å². The van der Waals surface area contributed by atoms with Gasteiger partial charge in [0.1, 0.15) is 0 Å². The van der Waals surface area contributed by atoms with E-state index in [1.54, 1.807) is 6.20 Å². The van der Waals surface area contributed by atoms with E-state index in [-0.39, 0.29) is 5.91 Å². The van der Waals surface area contributed by atoms with Crippen LogP contribution in [-0.4, -0.2) is 23.5 Å². The van der Waals surface area contributed by atoms with Crippen molar-refractivity contribution in [3.05, 3.63) is 36.5 Å². The summed E-state index contributed by atoms with van der Waals surface area (Å²) in [6.07, 6.45) is 6.70. The van der Waals surface area contributed by atoms with E-state index in [0.29, 0.717) is 12.6 Å². The van der Waals surface area contributed by atoms with E-state index in [1.165, 1.54) is 25.7 Å². The van der Waals surface area contributed by atoms with Gasteiger partial charge in [0, 0.05) is 23.3 Å². The summed E-state index contributed by atoms with van der Waals surface area (Å²) in [7, 11) is 0. The zero-order valence-electron chi connectivity index (χ0n) is 11.4. The highest BCUT2D eigenvalue weighted by Gasteiger charge is 2.15. The van der Waals surface area contributed by atoms with E-state index in [2.05, 4.69) is 15.6 Å². The number of amides is 1. The van der Waals surface area contributed by atoms with Crippen LogP contribution in [0.1, 0.15) is 25.7 Å². The molecule has 1 aliphatic rings. The largest absolute Gasteiger partial charge is 0.325 e. The van der Waals surface area contributed by atoms with Crippen LogP contribution in [0.2, 0.25) is 0 Å². The van der Waals surface area contributed by atoms with Crippen LogP contribution in [0.3, 0.4) is 0 Å². The fourth-order valence-electron chi connectivity index (χ4n) is 2.73. The van der Waals surface area contributed by atoms with Crippen molar-refractivity contribution >= 4 is 22.5 Å². The van der Waals surface area contributed by atoms with Gasteiger partial charge in [0.15, 0.2) is 0 Å². The number of hydrogen-bond acceptors (Lipinski definition) is 3. The number of pyridine rings is 1. The van der Waals surface area contributed by atoms with E-state index in [0.717, 1.165) is 16.6 Å². The van der Waals surface area contributed by atoms with Crippen LogP contribution >= 0.6 is 0 Å². The Morgan fingerprint density at radius 1 is 1.25 bits per heavy atom. The molecule has 104 valence electrons. The summed E-state index contributed by atoms with van der Waals surface area (Å²) >= 11 is 0. The molecular formula is C16H19N3O. The minimum absolute atomic E-state index is 0.0140. The molecule has 4 heteroatoms. The minimum atomic E-state index is 0.0140. The molecule has 4 nitrogen and oxygen atoms in total. The average Bonchev–Trinajstić information content (AvgIpc) is 2.98. The van der Waals surface area contributed by atoms with E-state index in [1.807, 2.05) is 30.3 Å². The molecule has 0 saturated heterocycles. The van der Waals surface area contributed by atoms with Gasteiger partial charge in [0.2, 0.25) is 5.91 Å². The zero-order valence-corrected chi connectivity index (χ0v) is 11.4. The fourth-order valence-corrected chi connectivity index (χ4v) is 2.73. The number of anilines is 1. The van der Waals surface area contributed by atoms with Gasteiger partial charge in [0.25, 0.3) is 0 Å². The summed E-state index contributed by atoms with van der Waals surface area (Å²) in [6.45, 7) is 0.385. The maximum Gasteiger partial charge on any atom is 0.238 e. The van der Waals surface area contributed by atoms with Crippen molar-refractivity contribution < 1.29 is 4.79 Å². The average molecular weight is 269 g/mol. The molecule has 1 amide bonds. The first-order valence-electron chi connectivity index (χ1n) is 7.19. The van der Waals surface area contributed by atoms with Crippen LogP contribution < -0.4 is 10.6 Å². The smallest absolute Gasteiger partial charge is 0.238 e. The summed E-state index contributed by atoms with van der Waals surface area (Å²) in [5, 5.41) is 7.28. The molecule has 0 aliphatic heterocycles. The third-order valence-corrected chi connectivity index (χ3v) is 3.79. The molecule has 1 aliphatic carbocycles. The quantitative estimate of drug-likeness (QED) is 0.897. The number of nitrogens with one attached hydrogen (secondary N) is 2. The highest BCUT2D eigenvalue weighted by molar-refractivity contribution is 5.94. The van der Waals surface area contributed by atoms with Gasteiger partial charge in [-0.1, -0.05) is 18.9 Å². The fraction of sp³-hybridized carbons (Fsp3) is 0.375. The second-order valence-corrected chi connectivity index (χ2v) is 5.32. The van der Waals surface area contributed by atoms with Crippen molar-refractivity contribution in [1.29, 1.82) is 0 Å². The second-order valence-electron chi connectivity index (χ2n) is 5.32. The molecule has 0 unspecified atom stereocenters. The Bertz CT molecular complexity index is 605. The molecule has 1 fully saturated rings. The number of rotatable bonds is 4. The van der Waals surface area contributed by atoms with E-state index in [9.17, 15) is 4.79 Å². The molecule has 0 atom stereocenters. The predicted molar refractivity (Wildman–Crippen MR) is 80.6 cm³/mol. The maximum atomic E-state index is 11.9. The topological polar surface area (TPSA) is 54.0 Å². The van der Waals surface area contributed by atoms with Gasteiger partial charge in [-0.3, -0.25) is 9.78 Å². The summed E-state index contributed by atoms with van der Waals surface area (Å²) in [6, 6.07) is 10.2. The van der Waals surface area contributed by atoms with Crippen LogP contribution in [0.4, 0.5) is 5.69 Å². The number of nitrogens with zero attached hydrogens (tertiary/aromatic N) is 1. The first-order valence-corrected chi connectivity index (χ1v) is 7.19. The molecule has 2 aromatic rings. The molecule has 0 spiro atoms. The molecule has 3 rings (SSSR count). The molecule has 0 radical (unpaired) electrons. The lowest BCUT2D eigenvalue weighted by Gasteiger charge is -2.12. The third kappa shape index (κ3) is 3.14. The summed E-state index contributed by atoms with van der Waals surface area (Å²) in [5.41, 5.74) is 1.76. The van der Waals surface area contributed by atoms with Crippen molar-refractivity contribution in [3.8, 4) is 0 Å². The molecule has 1 aromatic heterocycles. The Balaban J connectivity index is 1.59. The third-order valence-electron chi connectivity index (χ3n) is 3.79. The number of hydrogen-bond donors (Lipinski definition) is 2. The first kappa shape index (κ1) is 13.1. The number of fused-ring (bicyclic) bond motifs is 1. The second kappa shape index (κ2) is 6.01. The van der Waals surface area contributed by atoms with Crippen LogP contribution in [-0.2, 0) is 4.79 Å². The van der Waals surface area contributed by atoms with Crippen molar-refractivity contribution in [2.45, 2.75) is 31.7 Å². The van der Waals surface area contributed by atoms with Gasteiger partial charge in [-0.25, -0.2) is 0 Å². The normalized spacial score (nSPS) is 15.6. The highest BCUT2D eigenvalue weighted by atomic mass is 16.1. The van der Waals surface area contributed by atoms with Gasteiger partial charge in [-0.15, -0.1) is 0 Å². The number of carbonyl (C=O) groups excluding carboxylic acids is 1. The summed E-state index contributed by atoms with van der Waals surface area (Å²) in [5.74, 6) is 0.0140. The summed E-state index contributed by atoms with van der Waals surface area (Å²) in [4.78, 5) is 16.2. The summed E-state index contributed by atoms with van der Waals surface area (Å²) < 4.78 is 0. The van der Waals surface area contributed by atoms with E-state index >= 15 is 0 Å². The predicted octanol–water partition coefficient (Wildman–Crippen LogP) is 2.71.